The van der Waals surface area contributed by atoms with Crippen LogP contribution in [0.25, 0.3) is 0 Å². The van der Waals surface area contributed by atoms with Gasteiger partial charge in [0.25, 0.3) is 5.56 Å². The summed E-state index contributed by atoms with van der Waals surface area (Å²) < 4.78 is 5.51. The van der Waals surface area contributed by atoms with E-state index in [-0.39, 0.29) is 17.9 Å². The molecule has 0 saturated carbocycles. The number of ether oxygens (including phenoxy) is 1. The van der Waals surface area contributed by atoms with Gasteiger partial charge in [0.05, 0.1) is 18.4 Å². The van der Waals surface area contributed by atoms with Crippen molar-refractivity contribution < 1.29 is 9.53 Å². The van der Waals surface area contributed by atoms with Crippen LogP contribution in [0, 0.1) is 6.92 Å². The van der Waals surface area contributed by atoms with E-state index in [2.05, 4.69) is 20.5 Å². The van der Waals surface area contributed by atoms with Crippen molar-refractivity contribution in [3.63, 3.8) is 0 Å². The van der Waals surface area contributed by atoms with Crippen molar-refractivity contribution >= 4 is 12.1 Å². The summed E-state index contributed by atoms with van der Waals surface area (Å²) in [7, 11) is 0. The fraction of sp³-hybridized carbons (Fsp3) is 0.333. The highest BCUT2D eigenvalue weighted by Crippen LogP contribution is 2.13. The molecule has 0 atom stereocenters. The minimum atomic E-state index is -0.584. The molecule has 0 aliphatic heterocycles. The van der Waals surface area contributed by atoms with Gasteiger partial charge in [-0.1, -0.05) is 19.1 Å². The number of rotatable bonds is 8. The standard InChI is InChI=1S/C18H22N4O4/c1-3-10-26-14-7-4-13(5-8-14)6-9-16(23)22-19-11-15-12(2)20-18(25)21-17(15)24/h4-5,7-8,11H,3,6,9-10H2,1-2H3,(H,22,23)(H2,20,21,24,25)/b19-11-. The van der Waals surface area contributed by atoms with Crippen LogP contribution < -0.4 is 21.4 Å². The molecule has 8 nitrogen and oxygen atoms in total. The summed E-state index contributed by atoms with van der Waals surface area (Å²) in [6.45, 7) is 4.30. The number of nitrogens with zero attached hydrogens (tertiary/aromatic N) is 1. The fourth-order valence-corrected chi connectivity index (χ4v) is 2.22. The normalized spacial score (nSPS) is 10.8. The highest BCUT2D eigenvalue weighted by atomic mass is 16.5. The Hall–Kier alpha value is -3.16. The lowest BCUT2D eigenvalue weighted by Crippen LogP contribution is -2.27. The Kier molecular flexibility index (Phi) is 6.90. The molecule has 1 amide bonds. The first-order valence-corrected chi connectivity index (χ1v) is 8.36. The highest BCUT2D eigenvalue weighted by molar-refractivity contribution is 5.82. The van der Waals surface area contributed by atoms with E-state index in [0.717, 1.165) is 17.7 Å². The number of aromatic amines is 2. The van der Waals surface area contributed by atoms with Crippen LogP contribution in [0.15, 0.2) is 39.0 Å². The molecule has 0 spiro atoms. The maximum Gasteiger partial charge on any atom is 0.325 e. The predicted octanol–water partition coefficient (Wildman–Crippen LogP) is 1.24. The number of hydrogen-bond donors (Lipinski definition) is 3. The number of H-pyrrole nitrogens is 2. The Morgan fingerprint density at radius 1 is 1.23 bits per heavy atom. The van der Waals surface area contributed by atoms with Gasteiger partial charge in [-0.15, -0.1) is 0 Å². The molecule has 8 heteroatoms. The second-order valence-corrected chi connectivity index (χ2v) is 5.73. The molecule has 0 saturated heterocycles. The van der Waals surface area contributed by atoms with Crippen LogP contribution in [0.4, 0.5) is 0 Å². The maximum absolute atomic E-state index is 11.8. The van der Waals surface area contributed by atoms with Gasteiger partial charge in [-0.2, -0.15) is 5.10 Å². The Bertz CT molecular complexity index is 881. The lowest BCUT2D eigenvalue weighted by Gasteiger charge is -2.05. The third kappa shape index (κ3) is 5.73. The van der Waals surface area contributed by atoms with Gasteiger partial charge in [0, 0.05) is 12.1 Å². The second-order valence-electron chi connectivity index (χ2n) is 5.73. The molecule has 3 N–H and O–H groups in total. The molecule has 0 bridgehead atoms. The smallest absolute Gasteiger partial charge is 0.325 e. The van der Waals surface area contributed by atoms with Crippen molar-refractivity contribution in [3.8, 4) is 5.75 Å². The van der Waals surface area contributed by atoms with E-state index in [1.54, 1.807) is 6.92 Å². The quantitative estimate of drug-likeness (QED) is 0.486. The van der Waals surface area contributed by atoms with Crippen LogP contribution in [0.5, 0.6) is 5.75 Å². The van der Waals surface area contributed by atoms with Crippen LogP contribution in [-0.4, -0.2) is 28.7 Å². The number of carbonyl (C=O) groups is 1. The van der Waals surface area contributed by atoms with E-state index in [1.807, 2.05) is 31.2 Å². The summed E-state index contributed by atoms with van der Waals surface area (Å²) in [6.07, 6.45) is 2.98. The van der Waals surface area contributed by atoms with Crippen molar-refractivity contribution in [2.45, 2.75) is 33.1 Å². The molecule has 26 heavy (non-hydrogen) atoms. The first-order chi connectivity index (χ1) is 12.5. The Labute approximate surface area is 150 Å². The van der Waals surface area contributed by atoms with Crippen LogP contribution >= 0.6 is 0 Å². The van der Waals surface area contributed by atoms with Gasteiger partial charge in [0.2, 0.25) is 5.91 Å². The molecule has 0 fully saturated rings. The van der Waals surface area contributed by atoms with Crippen LogP contribution in [0.2, 0.25) is 0 Å². The number of aromatic nitrogens is 2. The zero-order chi connectivity index (χ0) is 18.9. The molecular weight excluding hydrogens is 336 g/mol. The molecule has 1 aromatic carbocycles. The number of nitrogens with one attached hydrogen (secondary N) is 3. The van der Waals surface area contributed by atoms with E-state index >= 15 is 0 Å². The van der Waals surface area contributed by atoms with Crippen molar-refractivity contribution in [2.75, 3.05) is 6.61 Å². The minimum absolute atomic E-state index is 0.188. The van der Waals surface area contributed by atoms with Gasteiger partial charge in [-0.05, 0) is 37.5 Å². The average molecular weight is 358 g/mol. The molecule has 0 unspecified atom stereocenters. The number of carbonyl (C=O) groups excluding carboxylic acids is 1. The van der Waals surface area contributed by atoms with E-state index in [4.69, 9.17) is 4.74 Å². The van der Waals surface area contributed by atoms with E-state index < -0.39 is 11.2 Å². The summed E-state index contributed by atoms with van der Waals surface area (Å²) in [4.78, 5) is 39.2. The third-order valence-corrected chi connectivity index (χ3v) is 3.60. The number of hydrogen-bond acceptors (Lipinski definition) is 5. The average Bonchev–Trinajstić information content (AvgIpc) is 2.61. The highest BCUT2D eigenvalue weighted by Gasteiger charge is 2.04. The topological polar surface area (TPSA) is 116 Å². The van der Waals surface area contributed by atoms with Crippen LogP contribution in [0.3, 0.4) is 0 Å². The lowest BCUT2D eigenvalue weighted by atomic mass is 10.1. The molecule has 138 valence electrons. The summed E-state index contributed by atoms with van der Waals surface area (Å²) in [6, 6.07) is 7.61. The summed E-state index contributed by atoms with van der Waals surface area (Å²) in [5.41, 5.74) is 2.81. The van der Waals surface area contributed by atoms with E-state index in [0.29, 0.717) is 18.7 Å². The number of benzene rings is 1. The zero-order valence-corrected chi connectivity index (χ0v) is 14.8. The van der Waals surface area contributed by atoms with Crippen LogP contribution in [-0.2, 0) is 11.2 Å². The van der Waals surface area contributed by atoms with Crippen LogP contribution in [0.1, 0.15) is 36.6 Å². The van der Waals surface area contributed by atoms with Gasteiger partial charge in [0.15, 0.2) is 0 Å². The summed E-state index contributed by atoms with van der Waals surface area (Å²) in [5, 5.41) is 3.77. The van der Waals surface area contributed by atoms with Crippen molar-refractivity contribution in [2.24, 2.45) is 5.10 Å². The van der Waals surface area contributed by atoms with E-state index in [1.165, 1.54) is 6.21 Å². The van der Waals surface area contributed by atoms with Gasteiger partial charge >= 0.3 is 5.69 Å². The Morgan fingerprint density at radius 2 is 1.96 bits per heavy atom. The Morgan fingerprint density at radius 3 is 2.62 bits per heavy atom. The lowest BCUT2D eigenvalue weighted by molar-refractivity contribution is -0.121. The third-order valence-electron chi connectivity index (χ3n) is 3.60. The molecule has 0 aliphatic rings. The summed E-state index contributed by atoms with van der Waals surface area (Å²) >= 11 is 0. The predicted molar refractivity (Wildman–Crippen MR) is 98.7 cm³/mol. The Balaban J connectivity index is 1.84. The zero-order valence-electron chi connectivity index (χ0n) is 14.8. The van der Waals surface area contributed by atoms with Crippen molar-refractivity contribution in [1.29, 1.82) is 0 Å². The van der Waals surface area contributed by atoms with E-state index in [9.17, 15) is 14.4 Å². The monoisotopic (exact) mass is 358 g/mol. The van der Waals surface area contributed by atoms with Gasteiger partial charge in [0.1, 0.15) is 5.75 Å². The largest absolute Gasteiger partial charge is 0.494 e. The molecule has 0 radical (unpaired) electrons. The van der Waals surface area contributed by atoms with Gasteiger partial charge in [-0.3, -0.25) is 14.6 Å². The molecule has 1 aromatic heterocycles. The SMILES string of the molecule is CCCOc1ccc(CCC(=O)N/N=C\c2c(C)[nH]c(=O)[nH]c2=O)cc1. The number of hydrazone groups is 1. The fourth-order valence-electron chi connectivity index (χ4n) is 2.22. The summed E-state index contributed by atoms with van der Waals surface area (Å²) in [5.74, 6) is 0.539. The molecular formula is C18H22N4O4. The van der Waals surface area contributed by atoms with Crippen molar-refractivity contribution in [1.82, 2.24) is 15.4 Å². The first kappa shape index (κ1) is 19.2. The molecule has 2 rings (SSSR count). The first-order valence-electron chi connectivity index (χ1n) is 8.36. The molecule has 2 aromatic rings. The second kappa shape index (κ2) is 9.36. The minimum Gasteiger partial charge on any atom is -0.494 e. The van der Waals surface area contributed by atoms with Crippen molar-refractivity contribution in [3.05, 3.63) is 61.9 Å². The van der Waals surface area contributed by atoms with Gasteiger partial charge in [-0.25, -0.2) is 10.2 Å². The molecule has 0 aliphatic carbocycles. The molecule has 1 heterocycles. The maximum atomic E-state index is 11.8. The van der Waals surface area contributed by atoms with Gasteiger partial charge < -0.3 is 9.72 Å². The number of amides is 1. The number of aryl methyl sites for hydroxylation is 2.